The summed E-state index contributed by atoms with van der Waals surface area (Å²) in [6.07, 6.45) is 1.64. The average molecular weight is 311 g/mol. The third kappa shape index (κ3) is 2.52. The first kappa shape index (κ1) is 13.0. The minimum Gasteiger partial charge on any atom is -0.437 e. The Bertz CT molecular complexity index is 575. The first-order valence-electron chi connectivity index (χ1n) is 5.40. The van der Waals surface area contributed by atoms with E-state index in [4.69, 9.17) is 10.5 Å². The van der Waals surface area contributed by atoms with Gasteiger partial charge in [0.25, 0.3) is 0 Å². The largest absolute Gasteiger partial charge is 0.437 e. The summed E-state index contributed by atoms with van der Waals surface area (Å²) in [6.45, 7) is 2.00. The molecule has 0 fully saturated rings. The van der Waals surface area contributed by atoms with E-state index in [1.165, 1.54) is 6.07 Å². The molecule has 94 valence electrons. The number of rotatable bonds is 3. The molecule has 0 unspecified atom stereocenters. The number of hydrogen-bond donors (Lipinski definition) is 1. The van der Waals surface area contributed by atoms with Gasteiger partial charge in [-0.15, -0.1) is 0 Å². The van der Waals surface area contributed by atoms with Crippen molar-refractivity contribution in [2.45, 2.75) is 13.5 Å². The van der Waals surface area contributed by atoms with Gasteiger partial charge in [0.2, 0.25) is 5.88 Å². The van der Waals surface area contributed by atoms with E-state index in [9.17, 15) is 4.39 Å². The zero-order chi connectivity index (χ0) is 13.1. The van der Waals surface area contributed by atoms with Crippen LogP contribution in [0.3, 0.4) is 0 Å². The van der Waals surface area contributed by atoms with E-state index in [2.05, 4.69) is 20.9 Å². The quantitative estimate of drug-likeness (QED) is 0.943. The summed E-state index contributed by atoms with van der Waals surface area (Å²) >= 11 is 3.39. The molecule has 1 heterocycles. The maximum Gasteiger partial charge on any atom is 0.233 e. The van der Waals surface area contributed by atoms with Crippen LogP contribution in [0.5, 0.6) is 11.6 Å². The second kappa shape index (κ2) is 5.46. The van der Waals surface area contributed by atoms with Crippen molar-refractivity contribution in [2.24, 2.45) is 5.73 Å². The first-order chi connectivity index (χ1) is 8.63. The lowest BCUT2D eigenvalue weighted by Crippen LogP contribution is -2.03. The molecule has 3 nitrogen and oxygen atoms in total. The second-order valence-corrected chi connectivity index (χ2v) is 4.56. The highest BCUT2D eigenvalue weighted by Gasteiger charge is 2.12. The molecule has 0 saturated carbocycles. The van der Waals surface area contributed by atoms with Crippen LogP contribution in [0.1, 0.15) is 11.1 Å². The molecule has 0 aliphatic carbocycles. The molecule has 0 amide bonds. The number of benzene rings is 1. The average Bonchev–Trinajstić information content (AvgIpc) is 2.35. The monoisotopic (exact) mass is 310 g/mol. The van der Waals surface area contributed by atoms with Crippen molar-refractivity contribution in [3.05, 3.63) is 51.9 Å². The Hall–Kier alpha value is -1.46. The van der Waals surface area contributed by atoms with Gasteiger partial charge in [-0.2, -0.15) is 0 Å². The van der Waals surface area contributed by atoms with Crippen LogP contribution >= 0.6 is 15.9 Å². The third-order valence-corrected chi connectivity index (χ3v) is 3.50. The van der Waals surface area contributed by atoms with Crippen LogP contribution in [0, 0.1) is 12.7 Å². The van der Waals surface area contributed by atoms with Gasteiger partial charge in [0.1, 0.15) is 11.6 Å². The van der Waals surface area contributed by atoms with E-state index in [0.29, 0.717) is 17.2 Å². The number of hydrogen-bond acceptors (Lipinski definition) is 3. The lowest BCUT2D eigenvalue weighted by Gasteiger charge is -2.11. The van der Waals surface area contributed by atoms with Gasteiger partial charge in [0, 0.05) is 18.3 Å². The smallest absolute Gasteiger partial charge is 0.233 e. The number of pyridine rings is 1. The van der Waals surface area contributed by atoms with Crippen molar-refractivity contribution in [3.63, 3.8) is 0 Å². The highest BCUT2D eigenvalue weighted by Crippen LogP contribution is 2.32. The van der Waals surface area contributed by atoms with Gasteiger partial charge < -0.3 is 10.5 Å². The third-order valence-electron chi connectivity index (χ3n) is 2.54. The number of ether oxygens (including phenoxy) is 1. The molecule has 18 heavy (non-hydrogen) atoms. The summed E-state index contributed by atoms with van der Waals surface area (Å²) in [5.41, 5.74) is 6.85. The van der Waals surface area contributed by atoms with Gasteiger partial charge in [0.05, 0.1) is 4.47 Å². The van der Waals surface area contributed by atoms with Crippen molar-refractivity contribution in [1.82, 2.24) is 4.98 Å². The number of nitrogens with zero attached hydrogens (tertiary/aromatic N) is 1. The molecule has 0 radical (unpaired) electrons. The fourth-order valence-corrected chi connectivity index (χ4v) is 1.84. The maximum atomic E-state index is 13.5. The van der Waals surface area contributed by atoms with Crippen molar-refractivity contribution in [1.29, 1.82) is 0 Å². The SMILES string of the molecule is Cc1ccnc(Oc2cccc(F)c2CN)c1Br. The molecule has 0 atom stereocenters. The Labute approximate surface area is 113 Å². The Morgan fingerprint density at radius 1 is 1.39 bits per heavy atom. The molecule has 0 bridgehead atoms. The predicted octanol–water partition coefficient (Wildman–Crippen LogP) is 3.54. The van der Waals surface area contributed by atoms with Crippen LogP contribution in [0.15, 0.2) is 34.9 Å². The minimum atomic E-state index is -0.376. The summed E-state index contributed by atoms with van der Waals surface area (Å²) in [5, 5.41) is 0. The molecular formula is C13H12BrFN2O. The minimum absolute atomic E-state index is 0.0748. The number of nitrogens with two attached hydrogens (primary N) is 1. The predicted molar refractivity (Wildman–Crippen MR) is 71.0 cm³/mol. The second-order valence-electron chi connectivity index (χ2n) is 3.77. The fraction of sp³-hybridized carbons (Fsp3) is 0.154. The molecule has 0 spiro atoms. The summed E-state index contributed by atoms with van der Waals surface area (Å²) in [5.74, 6) is 0.408. The van der Waals surface area contributed by atoms with E-state index in [1.807, 2.05) is 13.0 Å². The van der Waals surface area contributed by atoms with E-state index < -0.39 is 0 Å². The molecule has 0 aliphatic heterocycles. The lowest BCUT2D eigenvalue weighted by atomic mass is 10.2. The van der Waals surface area contributed by atoms with Gasteiger partial charge in [-0.05, 0) is 46.6 Å². The molecule has 2 N–H and O–H groups in total. The van der Waals surface area contributed by atoms with Gasteiger partial charge in [-0.1, -0.05) is 6.07 Å². The van der Waals surface area contributed by atoms with Crippen LogP contribution in [0.4, 0.5) is 4.39 Å². The highest BCUT2D eigenvalue weighted by molar-refractivity contribution is 9.10. The van der Waals surface area contributed by atoms with Crippen molar-refractivity contribution >= 4 is 15.9 Å². The summed E-state index contributed by atoms with van der Waals surface area (Å²) in [6, 6.07) is 6.45. The molecule has 2 aromatic rings. The first-order valence-corrected chi connectivity index (χ1v) is 6.19. The molecule has 5 heteroatoms. The van der Waals surface area contributed by atoms with Gasteiger partial charge in [-0.3, -0.25) is 0 Å². The van der Waals surface area contributed by atoms with Gasteiger partial charge in [-0.25, -0.2) is 9.37 Å². The van der Waals surface area contributed by atoms with Gasteiger partial charge >= 0.3 is 0 Å². The Balaban J connectivity index is 2.40. The molecule has 0 aliphatic rings. The van der Waals surface area contributed by atoms with E-state index in [0.717, 1.165) is 10.0 Å². The molecule has 1 aromatic carbocycles. The van der Waals surface area contributed by atoms with E-state index in [1.54, 1.807) is 18.3 Å². The van der Waals surface area contributed by atoms with Crippen LogP contribution in [0.2, 0.25) is 0 Å². The Kier molecular flexibility index (Phi) is 3.93. The molecule has 2 rings (SSSR count). The van der Waals surface area contributed by atoms with E-state index in [-0.39, 0.29) is 12.4 Å². The van der Waals surface area contributed by atoms with Crippen molar-refractivity contribution in [2.75, 3.05) is 0 Å². The van der Waals surface area contributed by atoms with Crippen LogP contribution in [-0.2, 0) is 6.54 Å². The zero-order valence-electron chi connectivity index (χ0n) is 9.78. The standard InChI is InChI=1S/C13H12BrFN2O/c1-8-5-6-17-13(12(8)14)18-11-4-2-3-10(15)9(11)7-16/h2-6H,7,16H2,1H3. The zero-order valence-corrected chi connectivity index (χ0v) is 11.4. The fourth-order valence-electron chi connectivity index (χ4n) is 1.52. The van der Waals surface area contributed by atoms with Crippen LogP contribution < -0.4 is 10.5 Å². The maximum absolute atomic E-state index is 13.5. The number of halogens is 2. The van der Waals surface area contributed by atoms with Crippen molar-refractivity contribution in [3.8, 4) is 11.6 Å². The normalized spacial score (nSPS) is 10.4. The number of aromatic nitrogens is 1. The lowest BCUT2D eigenvalue weighted by molar-refractivity contribution is 0.446. The number of aryl methyl sites for hydroxylation is 1. The molecular weight excluding hydrogens is 299 g/mol. The Morgan fingerprint density at radius 2 is 2.17 bits per heavy atom. The summed E-state index contributed by atoms with van der Waals surface area (Å²) < 4.78 is 19.9. The highest BCUT2D eigenvalue weighted by atomic mass is 79.9. The molecule has 0 saturated heterocycles. The molecule has 1 aromatic heterocycles. The summed E-state index contributed by atoms with van der Waals surface area (Å²) in [4.78, 5) is 4.11. The topological polar surface area (TPSA) is 48.1 Å². The van der Waals surface area contributed by atoms with Crippen LogP contribution in [-0.4, -0.2) is 4.98 Å². The van der Waals surface area contributed by atoms with Crippen molar-refractivity contribution < 1.29 is 9.13 Å². The van der Waals surface area contributed by atoms with E-state index >= 15 is 0 Å². The Morgan fingerprint density at radius 3 is 2.89 bits per heavy atom. The summed E-state index contributed by atoms with van der Waals surface area (Å²) in [7, 11) is 0. The van der Waals surface area contributed by atoms with Crippen LogP contribution in [0.25, 0.3) is 0 Å². The van der Waals surface area contributed by atoms with Gasteiger partial charge in [0.15, 0.2) is 0 Å².